The van der Waals surface area contributed by atoms with Gasteiger partial charge in [0.25, 0.3) is 0 Å². The number of nitrogens with zero attached hydrogens (tertiary/aromatic N) is 3. The lowest BCUT2D eigenvalue weighted by Crippen LogP contribution is -2.24. The summed E-state index contributed by atoms with van der Waals surface area (Å²) in [6.45, 7) is 0.656. The Morgan fingerprint density at radius 1 is 1.19 bits per heavy atom. The Labute approximate surface area is 130 Å². The number of benzene rings is 1. The molecular formula is C15H15BrN4O. The zero-order valence-corrected chi connectivity index (χ0v) is 12.9. The van der Waals surface area contributed by atoms with Gasteiger partial charge in [-0.05, 0) is 21.5 Å². The highest BCUT2D eigenvalue weighted by molar-refractivity contribution is 9.10. The summed E-state index contributed by atoms with van der Waals surface area (Å²) >= 11 is 3.36. The van der Waals surface area contributed by atoms with Gasteiger partial charge in [-0.25, -0.2) is 9.97 Å². The fraction of sp³-hybridized carbons (Fsp3) is 0.200. The van der Waals surface area contributed by atoms with Crippen molar-refractivity contribution in [3.05, 3.63) is 64.8 Å². The normalized spacial score (nSPS) is 12.7. The number of aliphatic hydroxyl groups is 1. The van der Waals surface area contributed by atoms with Gasteiger partial charge in [-0.15, -0.1) is 0 Å². The van der Waals surface area contributed by atoms with Gasteiger partial charge in [0.1, 0.15) is 4.60 Å². The minimum absolute atomic E-state index is 0.0476. The number of aliphatic hydroxyl groups excluding tert-OH is 1. The van der Waals surface area contributed by atoms with Crippen LogP contribution in [0.4, 0.5) is 0 Å². The first-order valence-corrected chi connectivity index (χ1v) is 7.44. The van der Waals surface area contributed by atoms with Gasteiger partial charge in [0, 0.05) is 12.7 Å². The molecule has 0 saturated carbocycles. The van der Waals surface area contributed by atoms with Gasteiger partial charge in [0.2, 0.25) is 0 Å². The van der Waals surface area contributed by atoms with E-state index in [0.29, 0.717) is 6.54 Å². The molecule has 1 unspecified atom stereocenters. The molecule has 0 spiro atoms. The maximum Gasteiger partial charge on any atom is 0.155 e. The monoisotopic (exact) mass is 346 g/mol. The largest absolute Gasteiger partial charge is 0.394 e. The molecule has 3 rings (SSSR count). The molecule has 3 aromatic rings. The Bertz CT molecular complexity index is 729. The van der Waals surface area contributed by atoms with Crippen molar-refractivity contribution < 1.29 is 5.11 Å². The number of imidazole rings is 1. The molecule has 0 fully saturated rings. The summed E-state index contributed by atoms with van der Waals surface area (Å²) in [6, 6.07) is 9.81. The zero-order valence-electron chi connectivity index (χ0n) is 11.3. The highest BCUT2D eigenvalue weighted by atomic mass is 79.9. The van der Waals surface area contributed by atoms with E-state index in [0.717, 1.165) is 21.5 Å². The topological polar surface area (TPSA) is 62.5 Å². The van der Waals surface area contributed by atoms with Crippen molar-refractivity contribution in [2.24, 2.45) is 0 Å². The lowest BCUT2D eigenvalue weighted by Gasteiger charge is -2.16. The molecule has 0 aliphatic heterocycles. The zero-order chi connectivity index (χ0) is 14.7. The van der Waals surface area contributed by atoms with Crippen molar-refractivity contribution >= 4 is 21.6 Å². The van der Waals surface area contributed by atoms with Crippen LogP contribution in [0.5, 0.6) is 0 Å². The summed E-state index contributed by atoms with van der Waals surface area (Å²) in [7, 11) is 0. The van der Waals surface area contributed by atoms with E-state index < -0.39 is 0 Å². The van der Waals surface area contributed by atoms with Gasteiger partial charge in [-0.2, -0.15) is 0 Å². The Kier molecular flexibility index (Phi) is 4.28. The molecule has 1 atom stereocenters. The lowest BCUT2D eigenvalue weighted by molar-refractivity contribution is 0.243. The van der Waals surface area contributed by atoms with Crippen LogP contribution in [-0.2, 0) is 6.54 Å². The van der Waals surface area contributed by atoms with E-state index in [4.69, 9.17) is 0 Å². The smallest absolute Gasteiger partial charge is 0.155 e. The number of rotatable bonds is 5. The predicted octanol–water partition coefficient (Wildman–Crippen LogP) is 2.32. The van der Waals surface area contributed by atoms with E-state index in [1.807, 2.05) is 47.1 Å². The van der Waals surface area contributed by atoms with Crippen LogP contribution in [0.1, 0.15) is 17.3 Å². The van der Waals surface area contributed by atoms with Gasteiger partial charge in [0.05, 0.1) is 30.7 Å². The van der Waals surface area contributed by atoms with Crippen LogP contribution < -0.4 is 5.32 Å². The summed E-state index contributed by atoms with van der Waals surface area (Å²) < 4.78 is 2.74. The fourth-order valence-corrected chi connectivity index (χ4v) is 2.55. The van der Waals surface area contributed by atoms with Crippen molar-refractivity contribution in [3.8, 4) is 0 Å². The quantitative estimate of drug-likeness (QED) is 0.744. The third-order valence-corrected chi connectivity index (χ3v) is 3.76. The number of nitrogens with one attached hydrogen (secondary N) is 1. The molecular weight excluding hydrogens is 332 g/mol. The molecule has 21 heavy (non-hydrogen) atoms. The van der Waals surface area contributed by atoms with Gasteiger partial charge in [0.15, 0.2) is 5.65 Å². The summed E-state index contributed by atoms with van der Waals surface area (Å²) in [5.41, 5.74) is 2.88. The molecule has 5 nitrogen and oxygen atoms in total. The Morgan fingerprint density at radius 2 is 2.00 bits per heavy atom. The van der Waals surface area contributed by atoms with E-state index in [2.05, 4.69) is 31.2 Å². The van der Waals surface area contributed by atoms with Gasteiger partial charge >= 0.3 is 0 Å². The van der Waals surface area contributed by atoms with E-state index in [9.17, 15) is 5.11 Å². The Hall–Kier alpha value is -1.76. The number of hydrogen-bond donors (Lipinski definition) is 2. The number of fused-ring (bicyclic) bond motifs is 1. The van der Waals surface area contributed by atoms with Crippen molar-refractivity contribution in [2.75, 3.05) is 6.61 Å². The summed E-state index contributed by atoms with van der Waals surface area (Å²) in [5, 5.41) is 12.9. The molecule has 2 N–H and O–H groups in total. The van der Waals surface area contributed by atoms with Gasteiger partial charge in [-0.1, -0.05) is 30.3 Å². The summed E-state index contributed by atoms with van der Waals surface area (Å²) in [4.78, 5) is 8.47. The molecule has 2 heterocycles. The SMILES string of the molecule is OCC(NCc1cnc2cnc(Br)cn12)c1ccccc1. The maximum atomic E-state index is 9.56. The lowest BCUT2D eigenvalue weighted by atomic mass is 10.1. The molecule has 0 aliphatic rings. The minimum Gasteiger partial charge on any atom is -0.394 e. The average Bonchev–Trinajstić information content (AvgIpc) is 2.91. The van der Waals surface area contributed by atoms with E-state index in [1.165, 1.54) is 0 Å². The first kappa shape index (κ1) is 14.2. The second kappa shape index (κ2) is 6.34. The molecule has 2 aromatic heterocycles. The molecule has 108 valence electrons. The third-order valence-electron chi connectivity index (χ3n) is 3.36. The molecule has 0 aliphatic carbocycles. The van der Waals surface area contributed by atoms with Crippen molar-refractivity contribution in [3.63, 3.8) is 0 Å². The van der Waals surface area contributed by atoms with Crippen LogP contribution in [0.2, 0.25) is 0 Å². The standard InChI is InChI=1S/C15H15BrN4O/c16-14-9-20-12(7-19-15(20)8-18-14)6-17-13(10-21)11-4-2-1-3-5-11/h1-5,7-9,13,17,21H,6,10H2. The number of aromatic nitrogens is 3. The molecule has 0 radical (unpaired) electrons. The third kappa shape index (κ3) is 3.12. The number of hydrogen-bond acceptors (Lipinski definition) is 4. The minimum atomic E-state index is -0.0953. The van der Waals surface area contributed by atoms with Crippen LogP contribution >= 0.6 is 15.9 Å². The maximum absolute atomic E-state index is 9.56. The Morgan fingerprint density at radius 3 is 2.76 bits per heavy atom. The van der Waals surface area contributed by atoms with Crippen LogP contribution in [0.3, 0.4) is 0 Å². The highest BCUT2D eigenvalue weighted by Crippen LogP contribution is 2.14. The Balaban J connectivity index is 1.78. The molecule has 6 heteroatoms. The summed E-state index contributed by atoms with van der Waals surface area (Å²) in [5.74, 6) is 0. The van der Waals surface area contributed by atoms with Crippen LogP contribution in [0.15, 0.2) is 53.5 Å². The highest BCUT2D eigenvalue weighted by Gasteiger charge is 2.11. The predicted molar refractivity (Wildman–Crippen MR) is 83.8 cm³/mol. The van der Waals surface area contributed by atoms with E-state index >= 15 is 0 Å². The second-order valence-corrected chi connectivity index (χ2v) is 5.53. The fourth-order valence-electron chi connectivity index (χ4n) is 2.25. The van der Waals surface area contributed by atoms with Crippen LogP contribution in [0.25, 0.3) is 5.65 Å². The average molecular weight is 347 g/mol. The molecule has 0 saturated heterocycles. The van der Waals surface area contributed by atoms with Crippen molar-refractivity contribution in [1.82, 2.24) is 19.7 Å². The number of halogens is 1. The second-order valence-electron chi connectivity index (χ2n) is 4.71. The molecule has 0 amide bonds. The molecule has 1 aromatic carbocycles. The first-order chi connectivity index (χ1) is 10.3. The molecule has 0 bridgehead atoms. The summed E-state index contributed by atoms with van der Waals surface area (Å²) in [6.07, 6.45) is 5.42. The van der Waals surface area contributed by atoms with Crippen molar-refractivity contribution in [1.29, 1.82) is 0 Å². The van der Waals surface area contributed by atoms with Gasteiger partial charge < -0.3 is 10.4 Å². The van der Waals surface area contributed by atoms with E-state index in [-0.39, 0.29) is 12.6 Å². The van der Waals surface area contributed by atoms with Crippen LogP contribution in [-0.4, -0.2) is 26.1 Å². The van der Waals surface area contributed by atoms with Crippen molar-refractivity contribution in [2.45, 2.75) is 12.6 Å². The first-order valence-electron chi connectivity index (χ1n) is 6.64. The van der Waals surface area contributed by atoms with E-state index in [1.54, 1.807) is 6.20 Å². The van der Waals surface area contributed by atoms with Crippen LogP contribution in [0, 0.1) is 0 Å². The van der Waals surface area contributed by atoms with Gasteiger partial charge in [-0.3, -0.25) is 4.40 Å².